The molecule has 0 radical (unpaired) electrons. The van der Waals surface area contributed by atoms with Crippen LogP contribution < -0.4 is 5.32 Å². The lowest BCUT2D eigenvalue weighted by molar-refractivity contribution is 0.194. The molecule has 7 heteroatoms. The van der Waals surface area contributed by atoms with Crippen LogP contribution >= 0.6 is 0 Å². The third-order valence-electron chi connectivity index (χ3n) is 3.22. The van der Waals surface area contributed by atoms with Gasteiger partial charge in [-0.15, -0.1) is 0 Å². The summed E-state index contributed by atoms with van der Waals surface area (Å²) in [5.41, 5.74) is 0.767. The smallest absolute Gasteiger partial charge is 0.317 e. The highest BCUT2D eigenvalue weighted by atomic mass is 32.2. The largest absolute Gasteiger partial charge is 0.332 e. The second-order valence-electron chi connectivity index (χ2n) is 4.65. The number of aromatic nitrogens is 1. The lowest BCUT2D eigenvalue weighted by Crippen LogP contribution is -2.43. The number of carbonyl (C=O) groups excluding carboxylic acids is 1. The molecular formula is C12H17N3O3S. The van der Waals surface area contributed by atoms with E-state index in [1.807, 2.05) is 12.1 Å². The van der Waals surface area contributed by atoms with Crippen LogP contribution in [0.25, 0.3) is 0 Å². The highest BCUT2D eigenvalue weighted by Gasteiger charge is 2.32. The molecule has 1 aliphatic rings. The highest BCUT2D eigenvalue weighted by Crippen LogP contribution is 2.16. The molecule has 1 aliphatic heterocycles. The van der Waals surface area contributed by atoms with Gasteiger partial charge in [0.25, 0.3) is 0 Å². The lowest BCUT2D eigenvalue weighted by atomic mass is 10.2. The molecule has 104 valence electrons. The molecule has 0 bridgehead atoms. The molecule has 0 aliphatic carbocycles. The number of rotatable bonds is 3. The van der Waals surface area contributed by atoms with Crippen molar-refractivity contribution in [3.05, 3.63) is 30.1 Å². The number of nitrogens with one attached hydrogen (secondary N) is 1. The predicted molar refractivity (Wildman–Crippen MR) is 71.3 cm³/mol. The topological polar surface area (TPSA) is 79.4 Å². The number of hydrogen-bond acceptors (Lipinski definition) is 4. The van der Waals surface area contributed by atoms with Gasteiger partial charge in [-0.05, 0) is 18.6 Å². The molecule has 6 nitrogen and oxygen atoms in total. The van der Waals surface area contributed by atoms with E-state index in [2.05, 4.69) is 10.3 Å². The minimum Gasteiger partial charge on any atom is -0.332 e. The number of amides is 2. The summed E-state index contributed by atoms with van der Waals surface area (Å²) >= 11 is 0. The first-order valence-corrected chi connectivity index (χ1v) is 7.91. The van der Waals surface area contributed by atoms with Gasteiger partial charge in [0.05, 0.1) is 23.7 Å². The maximum Gasteiger partial charge on any atom is 0.317 e. The standard InChI is InChI=1S/C12H17N3O3S/c1-15(11-5-7-19(17,18)9-11)12(16)14-8-10-4-2-3-6-13-10/h2-4,6,11H,5,7-9H2,1H3,(H,14,16). The Kier molecular flexibility index (Phi) is 4.04. The Bertz CT molecular complexity index is 545. The number of hydrogen-bond donors (Lipinski definition) is 1. The Morgan fingerprint density at radius 1 is 1.53 bits per heavy atom. The van der Waals surface area contributed by atoms with E-state index in [0.717, 1.165) is 5.69 Å². The molecule has 1 saturated heterocycles. The Morgan fingerprint density at radius 2 is 2.32 bits per heavy atom. The van der Waals surface area contributed by atoms with Crippen molar-refractivity contribution in [3.8, 4) is 0 Å². The first-order valence-electron chi connectivity index (χ1n) is 6.09. The van der Waals surface area contributed by atoms with Gasteiger partial charge in [0.15, 0.2) is 9.84 Å². The number of sulfone groups is 1. The second-order valence-corrected chi connectivity index (χ2v) is 6.88. The van der Waals surface area contributed by atoms with Crippen molar-refractivity contribution in [1.82, 2.24) is 15.2 Å². The zero-order chi connectivity index (χ0) is 13.9. The van der Waals surface area contributed by atoms with Crippen LogP contribution in [0.15, 0.2) is 24.4 Å². The van der Waals surface area contributed by atoms with Crippen LogP contribution in [-0.4, -0.2) is 48.9 Å². The third-order valence-corrected chi connectivity index (χ3v) is 4.97. The molecule has 1 aromatic rings. The van der Waals surface area contributed by atoms with Crippen LogP contribution in [0, 0.1) is 0 Å². The molecule has 1 unspecified atom stereocenters. The van der Waals surface area contributed by atoms with Gasteiger partial charge < -0.3 is 10.2 Å². The van der Waals surface area contributed by atoms with E-state index >= 15 is 0 Å². The summed E-state index contributed by atoms with van der Waals surface area (Å²) in [7, 11) is -1.35. The SMILES string of the molecule is CN(C(=O)NCc1ccccn1)C1CCS(=O)(=O)C1. The van der Waals surface area contributed by atoms with Crippen LogP contribution in [0.4, 0.5) is 4.79 Å². The fraction of sp³-hybridized carbons (Fsp3) is 0.500. The third kappa shape index (κ3) is 3.66. The van der Waals surface area contributed by atoms with Gasteiger partial charge in [-0.25, -0.2) is 13.2 Å². The first-order chi connectivity index (χ1) is 8.98. The number of carbonyl (C=O) groups is 1. The summed E-state index contributed by atoms with van der Waals surface area (Å²) in [6, 6.07) is 4.98. The number of pyridine rings is 1. The van der Waals surface area contributed by atoms with Crippen molar-refractivity contribution in [2.45, 2.75) is 19.0 Å². The van der Waals surface area contributed by atoms with E-state index in [1.165, 1.54) is 4.90 Å². The molecule has 2 amide bonds. The van der Waals surface area contributed by atoms with Crippen LogP contribution in [0.1, 0.15) is 12.1 Å². The van der Waals surface area contributed by atoms with E-state index in [9.17, 15) is 13.2 Å². The maximum atomic E-state index is 11.9. The van der Waals surface area contributed by atoms with Crippen molar-refractivity contribution >= 4 is 15.9 Å². The van der Waals surface area contributed by atoms with Gasteiger partial charge in [-0.2, -0.15) is 0 Å². The van der Waals surface area contributed by atoms with Gasteiger partial charge >= 0.3 is 6.03 Å². The normalized spacial score (nSPS) is 21.0. The molecule has 1 atom stereocenters. The van der Waals surface area contributed by atoms with Crippen LogP contribution in [0.3, 0.4) is 0 Å². The molecule has 1 fully saturated rings. The Hall–Kier alpha value is -1.63. The summed E-state index contributed by atoms with van der Waals surface area (Å²) in [6.45, 7) is 0.337. The summed E-state index contributed by atoms with van der Waals surface area (Å²) < 4.78 is 22.8. The van der Waals surface area contributed by atoms with E-state index in [0.29, 0.717) is 13.0 Å². The van der Waals surface area contributed by atoms with E-state index in [-0.39, 0.29) is 23.6 Å². The van der Waals surface area contributed by atoms with Crippen LogP contribution in [0.5, 0.6) is 0 Å². The monoisotopic (exact) mass is 283 g/mol. The van der Waals surface area contributed by atoms with Crippen molar-refractivity contribution in [1.29, 1.82) is 0 Å². The molecule has 1 aromatic heterocycles. The first kappa shape index (κ1) is 13.8. The average molecular weight is 283 g/mol. The lowest BCUT2D eigenvalue weighted by Gasteiger charge is -2.23. The summed E-state index contributed by atoms with van der Waals surface area (Å²) in [5, 5.41) is 2.73. The van der Waals surface area contributed by atoms with E-state index in [4.69, 9.17) is 0 Å². The van der Waals surface area contributed by atoms with E-state index in [1.54, 1.807) is 19.3 Å². The Labute approximate surface area is 112 Å². The van der Waals surface area contributed by atoms with Gasteiger partial charge in [-0.1, -0.05) is 6.07 Å². The minimum atomic E-state index is -2.98. The summed E-state index contributed by atoms with van der Waals surface area (Å²) in [6.07, 6.45) is 2.17. The van der Waals surface area contributed by atoms with Crippen molar-refractivity contribution in [3.63, 3.8) is 0 Å². The molecular weight excluding hydrogens is 266 g/mol. The molecule has 0 spiro atoms. The number of urea groups is 1. The number of nitrogens with zero attached hydrogens (tertiary/aromatic N) is 2. The van der Waals surface area contributed by atoms with Gasteiger partial charge in [-0.3, -0.25) is 4.98 Å². The van der Waals surface area contributed by atoms with Crippen molar-refractivity contribution < 1.29 is 13.2 Å². The van der Waals surface area contributed by atoms with Gasteiger partial charge in [0.2, 0.25) is 0 Å². The fourth-order valence-electron chi connectivity index (χ4n) is 2.04. The molecule has 2 rings (SSSR count). The van der Waals surface area contributed by atoms with Gasteiger partial charge in [0, 0.05) is 19.3 Å². The van der Waals surface area contributed by atoms with E-state index < -0.39 is 9.84 Å². The minimum absolute atomic E-state index is 0.0561. The fourth-order valence-corrected chi connectivity index (χ4v) is 3.81. The molecule has 1 N–H and O–H groups in total. The second kappa shape index (κ2) is 5.56. The van der Waals surface area contributed by atoms with Gasteiger partial charge in [0.1, 0.15) is 0 Å². The van der Waals surface area contributed by atoms with Crippen molar-refractivity contribution in [2.24, 2.45) is 0 Å². The summed E-state index contributed by atoms with van der Waals surface area (Å²) in [5.74, 6) is 0.218. The zero-order valence-electron chi connectivity index (χ0n) is 10.7. The molecule has 0 saturated carbocycles. The molecule has 2 heterocycles. The maximum absolute atomic E-state index is 11.9. The molecule has 19 heavy (non-hydrogen) atoms. The Balaban J connectivity index is 1.87. The zero-order valence-corrected chi connectivity index (χ0v) is 11.6. The summed E-state index contributed by atoms with van der Waals surface area (Å²) in [4.78, 5) is 17.5. The van der Waals surface area contributed by atoms with Crippen molar-refractivity contribution in [2.75, 3.05) is 18.6 Å². The van der Waals surface area contributed by atoms with Crippen LogP contribution in [-0.2, 0) is 16.4 Å². The predicted octanol–water partition coefficient (Wildman–Crippen LogP) is 0.410. The Morgan fingerprint density at radius 3 is 2.89 bits per heavy atom. The van der Waals surface area contributed by atoms with Crippen LogP contribution in [0.2, 0.25) is 0 Å². The highest BCUT2D eigenvalue weighted by molar-refractivity contribution is 7.91. The molecule has 0 aromatic carbocycles. The quantitative estimate of drug-likeness (QED) is 0.871. The average Bonchev–Trinajstić information content (AvgIpc) is 2.76.